The fraction of sp³-hybridized carbons (Fsp3) is 0.444. The molecule has 1 N–H and O–H groups in total. The van der Waals surface area contributed by atoms with Crippen molar-refractivity contribution >= 4 is 23.5 Å². The summed E-state index contributed by atoms with van der Waals surface area (Å²) in [6, 6.07) is 8.88. The Bertz CT molecular complexity index is 696. The van der Waals surface area contributed by atoms with Crippen LogP contribution >= 0.6 is 0 Å². The molecule has 0 atom stereocenters. The summed E-state index contributed by atoms with van der Waals surface area (Å²) in [6.07, 6.45) is 0.130. The van der Waals surface area contributed by atoms with E-state index >= 15 is 0 Å². The molecule has 0 aliphatic carbocycles. The number of nitriles is 1. The van der Waals surface area contributed by atoms with Gasteiger partial charge in [0.25, 0.3) is 0 Å². The highest BCUT2D eigenvalue weighted by Gasteiger charge is 2.26. The molecule has 8 nitrogen and oxygen atoms in total. The van der Waals surface area contributed by atoms with Gasteiger partial charge in [0.2, 0.25) is 11.8 Å². The summed E-state index contributed by atoms with van der Waals surface area (Å²) < 4.78 is 4.79. The number of carbonyl (C=O) groups is 3. The zero-order chi connectivity index (χ0) is 18.9. The fourth-order valence-corrected chi connectivity index (χ4v) is 2.64. The summed E-state index contributed by atoms with van der Waals surface area (Å²) in [5.74, 6) is -0.673. The number of piperazine rings is 1. The molecular formula is C18H22N4O4. The van der Waals surface area contributed by atoms with Gasteiger partial charge < -0.3 is 15.0 Å². The maximum atomic E-state index is 12.3. The van der Waals surface area contributed by atoms with Gasteiger partial charge >= 0.3 is 5.97 Å². The lowest BCUT2D eigenvalue weighted by Crippen LogP contribution is -2.52. The predicted molar refractivity (Wildman–Crippen MR) is 94.2 cm³/mol. The number of anilines is 1. The molecule has 2 amide bonds. The van der Waals surface area contributed by atoms with Crippen LogP contribution in [0.4, 0.5) is 5.69 Å². The van der Waals surface area contributed by atoms with Gasteiger partial charge in [0.05, 0.1) is 37.7 Å². The molecule has 1 saturated heterocycles. The summed E-state index contributed by atoms with van der Waals surface area (Å²) in [4.78, 5) is 38.9. The molecule has 1 aliphatic heterocycles. The number of amides is 2. The fourth-order valence-electron chi connectivity index (χ4n) is 2.64. The van der Waals surface area contributed by atoms with Gasteiger partial charge in [0.1, 0.15) is 0 Å². The van der Waals surface area contributed by atoms with Crippen LogP contribution in [-0.4, -0.2) is 62.0 Å². The van der Waals surface area contributed by atoms with Crippen molar-refractivity contribution < 1.29 is 19.1 Å². The van der Waals surface area contributed by atoms with Gasteiger partial charge in [-0.15, -0.1) is 0 Å². The Kier molecular flexibility index (Phi) is 7.12. The third kappa shape index (κ3) is 5.57. The van der Waals surface area contributed by atoms with Crippen LogP contribution < -0.4 is 10.2 Å². The van der Waals surface area contributed by atoms with E-state index in [1.807, 2.05) is 6.07 Å². The molecule has 138 valence electrons. The maximum absolute atomic E-state index is 12.3. The number of hydrogen-bond donors (Lipinski definition) is 1. The van der Waals surface area contributed by atoms with E-state index in [-0.39, 0.29) is 43.8 Å². The first-order valence-electron chi connectivity index (χ1n) is 8.48. The highest BCUT2D eigenvalue weighted by atomic mass is 16.5. The summed E-state index contributed by atoms with van der Waals surface area (Å²) >= 11 is 0. The lowest BCUT2D eigenvalue weighted by atomic mass is 10.2. The third-order valence-electron chi connectivity index (χ3n) is 3.93. The van der Waals surface area contributed by atoms with E-state index in [0.29, 0.717) is 25.3 Å². The van der Waals surface area contributed by atoms with Gasteiger partial charge in [-0.25, -0.2) is 0 Å². The highest BCUT2D eigenvalue weighted by Crippen LogP contribution is 2.17. The number of nitrogens with zero attached hydrogens (tertiary/aromatic N) is 3. The van der Waals surface area contributed by atoms with E-state index in [0.717, 1.165) is 5.69 Å². The van der Waals surface area contributed by atoms with Crippen molar-refractivity contribution in [3.63, 3.8) is 0 Å². The SMILES string of the molecule is CCOC(=O)CCNC(=O)CN1CCN(c2ccc(C#N)cc2)C(=O)C1. The molecule has 1 aromatic rings. The molecular weight excluding hydrogens is 336 g/mol. The summed E-state index contributed by atoms with van der Waals surface area (Å²) in [5, 5.41) is 11.5. The predicted octanol–water partition coefficient (Wildman–Crippen LogP) is 0.276. The number of carbonyl (C=O) groups excluding carboxylic acids is 3. The zero-order valence-electron chi connectivity index (χ0n) is 14.7. The van der Waals surface area contributed by atoms with E-state index in [1.54, 1.807) is 41.0 Å². The topological polar surface area (TPSA) is 103 Å². The second-order valence-corrected chi connectivity index (χ2v) is 5.82. The van der Waals surface area contributed by atoms with Gasteiger partial charge in [-0.3, -0.25) is 19.3 Å². The smallest absolute Gasteiger partial charge is 0.307 e. The van der Waals surface area contributed by atoms with Crippen LogP contribution in [0.2, 0.25) is 0 Å². The number of ether oxygens (including phenoxy) is 1. The first-order valence-corrected chi connectivity index (χ1v) is 8.48. The monoisotopic (exact) mass is 358 g/mol. The molecule has 0 bridgehead atoms. The highest BCUT2D eigenvalue weighted by molar-refractivity contribution is 5.96. The Morgan fingerprint density at radius 3 is 2.62 bits per heavy atom. The van der Waals surface area contributed by atoms with Gasteiger partial charge in [-0.2, -0.15) is 5.26 Å². The van der Waals surface area contributed by atoms with Crippen LogP contribution in [0.5, 0.6) is 0 Å². The standard InChI is InChI=1S/C18H22N4O4/c1-2-26-18(25)7-8-20-16(23)12-21-9-10-22(17(24)13-21)15-5-3-14(11-19)4-6-15/h3-6H,2,7-10,12-13H2,1H3,(H,20,23). The number of benzene rings is 1. The largest absolute Gasteiger partial charge is 0.466 e. The molecule has 2 rings (SSSR count). The Labute approximate surface area is 152 Å². The average Bonchev–Trinajstić information content (AvgIpc) is 2.62. The van der Waals surface area contributed by atoms with E-state index in [4.69, 9.17) is 10.00 Å². The number of esters is 1. The lowest BCUT2D eigenvalue weighted by Gasteiger charge is -2.33. The minimum absolute atomic E-state index is 0.0970. The zero-order valence-corrected chi connectivity index (χ0v) is 14.7. The molecule has 1 aliphatic rings. The minimum Gasteiger partial charge on any atom is -0.466 e. The molecule has 0 saturated carbocycles. The van der Waals surface area contributed by atoms with Crippen molar-refractivity contribution in [3.05, 3.63) is 29.8 Å². The van der Waals surface area contributed by atoms with E-state index < -0.39 is 0 Å². The normalized spacial score (nSPS) is 14.6. The quantitative estimate of drug-likeness (QED) is 0.702. The lowest BCUT2D eigenvalue weighted by molar-refractivity contribution is -0.143. The van der Waals surface area contributed by atoms with E-state index in [1.165, 1.54) is 0 Å². The van der Waals surface area contributed by atoms with Crippen molar-refractivity contribution in [1.82, 2.24) is 10.2 Å². The van der Waals surface area contributed by atoms with Crippen molar-refractivity contribution in [2.45, 2.75) is 13.3 Å². The van der Waals surface area contributed by atoms with Gasteiger partial charge in [0.15, 0.2) is 0 Å². The van der Waals surface area contributed by atoms with Gasteiger partial charge in [-0.1, -0.05) is 0 Å². The molecule has 1 aromatic carbocycles. The molecule has 0 spiro atoms. The molecule has 1 fully saturated rings. The number of nitrogens with one attached hydrogen (secondary N) is 1. The Morgan fingerprint density at radius 1 is 1.27 bits per heavy atom. The van der Waals surface area contributed by atoms with Gasteiger partial charge in [-0.05, 0) is 31.2 Å². The average molecular weight is 358 g/mol. The Morgan fingerprint density at radius 2 is 2.00 bits per heavy atom. The molecule has 1 heterocycles. The third-order valence-corrected chi connectivity index (χ3v) is 3.93. The summed E-state index contributed by atoms with van der Waals surface area (Å²) in [5.41, 5.74) is 1.28. The van der Waals surface area contributed by atoms with Crippen molar-refractivity contribution in [3.8, 4) is 6.07 Å². The van der Waals surface area contributed by atoms with E-state index in [9.17, 15) is 14.4 Å². The maximum Gasteiger partial charge on any atom is 0.307 e. The van der Waals surface area contributed by atoms with Crippen LogP contribution in [0.3, 0.4) is 0 Å². The molecule has 0 unspecified atom stereocenters. The van der Waals surface area contributed by atoms with Crippen molar-refractivity contribution in [2.75, 3.05) is 44.2 Å². The molecule has 0 radical (unpaired) electrons. The molecule has 26 heavy (non-hydrogen) atoms. The van der Waals surface area contributed by atoms with Crippen molar-refractivity contribution in [1.29, 1.82) is 5.26 Å². The van der Waals surface area contributed by atoms with E-state index in [2.05, 4.69) is 5.32 Å². The number of rotatable bonds is 7. The Balaban J connectivity index is 1.77. The summed E-state index contributed by atoms with van der Waals surface area (Å²) in [6.45, 7) is 3.55. The second kappa shape index (κ2) is 9.53. The summed E-state index contributed by atoms with van der Waals surface area (Å²) in [7, 11) is 0. The van der Waals surface area contributed by atoms with Crippen LogP contribution in [0, 0.1) is 11.3 Å². The molecule has 0 aromatic heterocycles. The van der Waals surface area contributed by atoms with Crippen LogP contribution in [0.15, 0.2) is 24.3 Å². The van der Waals surface area contributed by atoms with Crippen LogP contribution in [-0.2, 0) is 19.1 Å². The first kappa shape index (κ1) is 19.4. The first-order chi connectivity index (χ1) is 12.5. The Hall–Kier alpha value is -2.92. The van der Waals surface area contributed by atoms with Crippen molar-refractivity contribution in [2.24, 2.45) is 0 Å². The minimum atomic E-state index is -0.348. The van der Waals surface area contributed by atoms with Crippen LogP contribution in [0.25, 0.3) is 0 Å². The number of hydrogen-bond acceptors (Lipinski definition) is 6. The van der Waals surface area contributed by atoms with Gasteiger partial charge in [0, 0.05) is 25.3 Å². The van der Waals surface area contributed by atoms with Crippen LogP contribution in [0.1, 0.15) is 18.9 Å². The second-order valence-electron chi connectivity index (χ2n) is 5.82. The molecule has 8 heteroatoms.